The van der Waals surface area contributed by atoms with Gasteiger partial charge in [-0.2, -0.15) is 0 Å². The zero-order valence-corrected chi connectivity index (χ0v) is 10.7. The summed E-state index contributed by atoms with van der Waals surface area (Å²) in [4.78, 5) is 11.7. The highest BCUT2D eigenvalue weighted by Crippen LogP contribution is 2.20. The number of nitrogen functional groups attached to an aromatic ring is 1. The Labute approximate surface area is 112 Å². The Morgan fingerprint density at radius 2 is 1.89 bits per heavy atom. The first-order valence-electron chi connectivity index (χ1n) is 5.99. The van der Waals surface area contributed by atoms with Crippen molar-refractivity contribution in [3.8, 4) is 0 Å². The van der Waals surface area contributed by atoms with Gasteiger partial charge in [-0.3, -0.25) is 5.32 Å². The summed E-state index contributed by atoms with van der Waals surface area (Å²) < 4.78 is 5.14. The molecule has 0 saturated carbocycles. The minimum Gasteiger partial charge on any atom is -0.444 e. The summed E-state index contributed by atoms with van der Waals surface area (Å²) in [7, 11) is 0. The van der Waals surface area contributed by atoms with E-state index in [0.717, 1.165) is 11.1 Å². The normalized spacial score (nSPS) is 9.95. The number of carbonyl (C=O) groups excluding carboxylic acids is 1. The van der Waals surface area contributed by atoms with Gasteiger partial charge in [-0.05, 0) is 30.2 Å². The largest absolute Gasteiger partial charge is 0.444 e. The number of rotatable bonds is 3. The second-order valence-electron chi connectivity index (χ2n) is 4.21. The topological polar surface area (TPSA) is 64.3 Å². The number of benzene rings is 2. The molecule has 0 fully saturated rings. The van der Waals surface area contributed by atoms with Gasteiger partial charge >= 0.3 is 6.09 Å². The summed E-state index contributed by atoms with van der Waals surface area (Å²) in [6, 6.07) is 14.9. The molecule has 0 saturated heterocycles. The van der Waals surface area contributed by atoms with Crippen LogP contribution in [0.1, 0.15) is 11.1 Å². The number of carbonyl (C=O) groups is 1. The fourth-order valence-electron chi connectivity index (χ4n) is 1.66. The average molecular weight is 256 g/mol. The standard InChI is InChI=1S/C15H16N2O2/c1-11-13(16)8-5-9-14(11)17-15(18)19-10-12-6-3-2-4-7-12/h2-9H,10,16H2,1H3,(H,17,18). The predicted octanol–water partition coefficient (Wildman–Crippen LogP) is 3.33. The number of hydrogen-bond donors (Lipinski definition) is 2. The van der Waals surface area contributed by atoms with Crippen LogP contribution in [0.5, 0.6) is 0 Å². The maximum atomic E-state index is 11.7. The van der Waals surface area contributed by atoms with Crippen LogP contribution in [0.3, 0.4) is 0 Å². The van der Waals surface area contributed by atoms with Crippen molar-refractivity contribution in [2.45, 2.75) is 13.5 Å². The van der Waals surface area contributed by atoms with E-state index in [2.05, 4.69) is 5.32 Å². The zero-order valence-electron chi connectivity index (χ0n) is 10.7. The van der Waals surface area contributed by atoms with Gasteiger partial charge in [0.2, 0.25) is 0 Å². The maximum Gasteiger partial charge on any atom is 0.411 e. The lowest BCUT2D eigenvalue weighted by Crippen LogP contribution is -2.14. The van der Waals surface area contributed by atoms with Gasteiger partial charge in [0.15, 0.2) is 0 Å². The average Bonchev–Trinajstić information content (AvgIpc) is 2.43. The van der Waals surface area contributed by atoms with Crippen molar-refractivity contribution in [1.82, 2.24) is 0 Å². The third kappa shape index (κ3) is 3.48. The van der Waals surface area contributed by atoms with Crippen LogP contribution >= 0.6 is 0 Å². The number of ether oxygens (including phenoxy) is 1. The van der Waals surface area contributed by atoms with Gasteiger partial charge < -0.3 is 10.5 Å². The summed E-state index contributed by atoms with van der Waals surface area (Å²) in [5.41, 5.74) is 8.85. The fraction of sp³-hybridized carbons (Fsp3) is 0.133. The molecule has 1 amide bonds. The minimum absolute atomic E-state index is 0.244. The smallest absolute Gasteiger partial charge is 0.411 e. The van der Waals surface area contributed by atoms with E-state index in [1.807, 2.05) is 37.3 Å². The molecule has 0 aliphatic carbocycles. The van der Waals surface area contributed by atoms with Crippen LogP contribution < -0.4 is 11.1 Å². The highest BCUT2D eigenvalue weighted by Gasteiger charge is 2.07. The molecule has 0 unspecified atom stereocenters. The first kappa shape index (κ1) is 13.0. The Hall–Kier alpha value is -2.49. The molecule has 19 heavy (non-hydrogen) atoms. The van der Waals surface area contributed by atoms with E-state index in [1.165, 1.54) is 0 Å². The molecular formula is C15H16N2O2. The Balaban J connectivity index is 1.93. The molecule has 0 spiro atoms. The quantitative estimate of drug-likeness (QED) is 0.828. The molecule has 0 heterocycles. The van der Waals surface area contributed by atoms with E-state index in [1.54, 1.807) is 18.2 Å². The van der Waals surface area contributed by atoms with Gasteiger partial charge in [-0.15, -0.1) is 0 Å². The number of nitrogens with one attached hydrogen (secondary N) is 1. The molecule has 4 heteroatoms. The van der Waals surface area contributed by atoms with E-state index < -0.39 is 6.09 Å². The van der Waals surface area contributed by atoms with Gasteiger partial charge in [0.25, 0.3) is 0 Å². The molecule has 0 aromatic heterocycles. The lowest BCUT2D eigenvalue weighted by atomic mass is 10.1. The Bertz CT molecular complexity index is 568. The van der Waals surface area contributed by atoms with Crippen LogP contribution in [0.15, 0.2) is 48.5 Å². The predicted molar refractivity (Wildman–Crippen MR) is 75.8 cm³/mol. The van der Waals surface area contributed by atoms with E-state index in [-0.39, 0.29) is 6.61 Å². The second-order valence-corrected chi connectivity index (χ2v) is 4.21. The van der Waals surface area contributed by atoms with Gasteiger partial charge in [-0.25, -0.2) is 4.79 Å². The lowest BCUT2D eigenvalue weighted by molar-refractivity contribution is 0.155. The molecule has 0 aliphatic rings. The molecule has 0 aliphatic heterocycles. The molecule has 4 nitrogen and oxygen atoms in total. The first-order chi connectivity index (χ1) is 9.16. The van der Waals surface area contributed by atoms with Crippen LogP contribution in [0.25, 0.3) is 0 Å². The fourth-order valence-corrected chi connectivity index (χ4v) is 1.66. The Morgan fingerprint density at radius 1 is 1.16 bits per heavy atom. The summed E-state index contributed by atoms with van der Waals surface area (Å²) in [6.07, 6.45) is -0.488. The number of anilines is 2. The van der Waals surface area contributed by atoms with E-state index in [4.69, 9.17) is 10.5 Å². The number of nitrogens with two attached hydrogens (primary N) is 1. The Morgan fingerprint density at radius 3 is 2.63 bits per heavy atom. The molecule has 0 radical (unpaired) electrons. The van der Waals surface area contributed by atoms with Crippen molar-refractivity contribution in [3.63, 3.8) is 0 Å². The highest BCUT2D eigenvalue weighted by molar-refractivity contribution is 5.86. The second kappa shape index (κ2) is 5.91. The monoisotopic (exact) mass is 256 g/mol. The van der Waals surface area contributed by atoms with Crippen LogP contribution in [0, 0.1) is 6.92 Å². The molecule has 98 valence electrons. The summed E-state index contributed by atoms with van der Waals surface area (Å²) in [5, 5.41) is 2.68. The third-order valence-corrected chi connectivity index (χ3v) is 2.83. The minimum atomic E-state index is -0.488. The molecular weight excluding hydrogens is 240 g/mol. The van der Waals surface area contributed by atoms with Crippen molar-refractivity contribution < 1.29 is 9.53 Å². The Kier molecular flexibility index (Phi) is 4.03. The lowest BCUT2D eigenvalue weighted by Gasteiger charge is -2.10. The van der Waals surface area contributed by atoms with Crippen molar-refractivity contribution in [1.29, 1.82) is 0 Å². The van der Waals surface area contributed by atoms with Gasteiger partial charge in [0.1, 0.15) is 6.61 Å². The molecule has 2 aromatic carbocycles. The molecule has 0 bridgehead atoms. The van der Waals surface area contributed by atoms with Gasteiger partial charge in [0, 0.05) is 11.4 Å². The summed E-state index contributed by atoms with van der Waals surface area (Å²) in [6.45, 7) is 2.09. The summed E-state index contributed by atoms with van der Waals surface area (Å²) >= 11 is 0. The van der Waals surface area contributed by atoms with Crippen molar-refractivity contribution in [2.24, 2.45) is 0 Å². The van der Waals surface area contributed by atoms with Crippen molar-refractivity contribution in [3.05, 3.63) is 59.7 Å². The molecule has 0 atom stereocenters. The summed E-state index contributed by atoms with van der Waals surface area (Å²) in [5.74, 6) is 0. The van der Waals surface area contributed by atoms with Crippen molar-refractivity contribution in [2.75, 3.05) is 11.1 Å². The number of hydrogen-bond acceptors (Lipinski definition) is 3. The maximum absolute atomic E-state index is 11.7. The van der Waals surface area contributed by atoms with E-state index >= 15 is 0 Å². The van der Waals surface area contributed by atoms with Crippen molar-refractivity contribution >= 4 is 17.5 Å². The van der Waals surface area contributed by atoms with Crippen LogP contribution in [-0.2, 0) is 11.3 Å². The molecule has 2 aromatic rings. The van der Waals surface area contributed by atoms with Crippen LogP contribution in [-0.4, -0.2) is 6.09 Å². The number of amides is 1. The molecule has 2 rings (SSSR count). The van der Waals surface area contributed by atoms with Crippen LogP contribution in [0.2, 0.25) is 0 Å². The third-order valence-electron chi connectivity index (χ3n) is 2.83. The first-order valence-corrected chi connectivity index (χ1v) is 5.99. The van der Waals surface area contributed by atoms with E-state index in [9.17, 15) is 4.79 Å². The zero-order chi connectivity index (χ0) is 13.7. The van der Waals surface area contributed by atoms with E-state index in [0.29, 0.717) is 11.4 Å². The van der Waals surface area contributed by atoms with Gasteiger partial charge in [0.05, 0.1) is 0 Å². The molecule has 3 N–H and O–H groups in total. The van der Waals surface area contributed by atoms with Gasteiger partial charge in [-0.1, -0.05) is 36.4 Å². The van der Waals surface area contributed by atoms with Crippen LogP contribution in [0.4, 0.5) is 16.2 Å². The SMILES string of the molecule is Cc1c(N)cccc1NC(=O)OCc1ccccc1. The highest BCUT2D eigenvalue weighted by atomic mass is 16.5.